The Labute approximate surface area is 139 Å². The van der Waals surface area contributed by atoms with E-state index in [0.29, 0.717) is 11.5 Å². The second-order valence-electron chi connectivity index (χ2n) is 6.54. The normalized spacial score (nSPS) is 20.0. The van der Waals surface area contributed by atoms with Crippen molar-refractivity contribution in [3.8, 4) is 0 Å². The summed E-state index contributed by atoms with van der Waals surface area (Å²) < 4.78 is 18.5. The Morgan fingerprint density at radius 1 is 1.25 bits per heavy atom. The number of urea groups is 1. The predicted octanol–water partition coefficient (Wildman–Crippen LogP) is 2.17. The van der Waals surface area contributed by atoms with Gasteiger partial charge in [0, 0.05) is 43.5 Å². The largest absolute Gasteiger partial charge is 0.356 e. The predicted molar refractivity (Wildman–Crippen MR) is 87.4 cm³/mol. The van der Waals surface area contributed by atoms with Crippen LogP contribution in [0.5, 0.6) is 0 Å². The van der Waals surface area contributed by atoms with Gasteiger partial charge >= 0.3 is 6.03 Å². The third-order valence-electron chi connectivity index (χ3n) is 5.07. The van der Waals surface area contributed by atoms with Gasteiger partial charge in [-0.15, -0.1) is 0 Å². The first-order chi connectivity index (χ1) is 11.7. The number of carbonyl (C=O) groups excluding carboxylic acids is 1. The zero-order chi connectivity index (χ0) is 16.5. The van der Waals surface area contributed by atoms with Crippen LogP contribution in [-0.4, -0.2) is 60.3 Å². The van der Waals surface area contributed by atoms with Crippen molar-refractivity contribution in [2.45, 2.75) is 18.8 Å². The molecule has 24 heavy (non-hydrogen) atoms. The Hall–Kier alpha value is -2.15. The molecule has 2 aromatic rings. The minimum Gasteiger partial charge on any atom is -0.356 e. The van der Waals surface area contributed by atoms with Gasteiger partial charge in [0.25, 0.3) is 0 Å². The highest BCUT2D eigenvalue weighted by Crippen LogP contribution is 2.32. The molecule has 6 nitrogen and oxygen atoms in total. The second kappa shape index (κ2) is 6.39. The van der Waals surface area contributed by atoms with Crippen LogP contribution in [0.3, 0.4) is 0 Å². The van der Waals surface area contributed by atoms with E-state index < -0.39 is 0 Å². The Morgan fingerprint density at radius 2 is 2.08 bits per heavy atom. The van der Waals surface area contributed by atoms with Crippen molar-refractivity contribution in [1.29, 1.82) is 0 Å². The van der Waals surface area contributed by atoms with Crippen LogP contribution < -0.4 is 5.32 Å². The Balaban J connectivity index is 1.34. The number of piperidine rings is 1. The molecule has 3 heterocycles. The average molecular weight is 332 g/mol. The van der Waals surface area contributed by atoms with Crippen molar-refractivity contribution in [2.24, 2.45) is 0 Å². The standard InChI is InChI=1S/C17H21FN4O2/c18-13-1-2-14-15(11-13)24-20-16(14)12-3-6-21(7-4-12)9-10-22-8-5-19-17(22)23/h1-2,11-12H,3-10H2,(H,19,23). The molecule has 1 aromatic carbocycles. The molecule has 7 heteroatoms. The molecule has 0 saturated carbocycles. The number of hydrogen-bond donors (Lipinski definition) is 1. The third kappa shape index (κ3) is 2.96. The van der Waals surface area contributed by atoms with Gasteiger partial charge in [-0.05, 0) is 38.1 Å². The van der Waals surface area contributed by atoms with Crippen molar-refractivity contribution in [3.63, 3.8) is 0 Å². The molecule has 2 aliphatic heterocycles. The van der Waals surface area contributed by atoms with Crippen LogP contribution >= 0.6 is 0 Å². The summed E-state index contributed by atoms with van der Waals surface area (Å²) in [5.41, 5.74) is 1.47. The van der Waals surface area contributed by atoms with Gasteiger partial charge in [0.2, 0.25) is 0 Å². The first-order valence-corrected chi connectivity index (χ1v) is 8.50. The zero-order valence-corrected chi connectivity index (χ0v) is 13.5. The molecule has 2 fully saturated rings. The van der Waals surface area contributed by atoms with Crippen LogP contribution in [0, 0.1) is 5.82 Å². The lowest BCUT2D eigenvalue weighted by Crippen LogP contribution is -2.40. The summed E-state index contributed by atoms with van der Waals surface area (Å²) in [6.45, 7) is 5.20. The molecule has 0 atom stereocenters. The van der Waals surface area contributed by atoms with E-state index >= 15 is 0 Å². The van der Waals surface area contributed by atoms with Gasteiger partial charge in [0.05, 0.1) is 5.69 Å². The lowest BCUT2D eigenvalue weighted by molar-refractivity contribution is 0.179. The Kier molecular flexibility index (Phi) is 4.10. The average Bonchev–Trinajstić information content (AvgIpc) is 3.19. The molecule has 0 aliphatic carbocycles. The van der Waals surface area contributed by atoms with E-state index in [1.54, 1.807) is 6.07 Å². The molecule has 0 bridgehead atoms. The number of halogens is 1. The number of benzene rings is 1. The quantitative estimate of drug-likeness (QED) is 0.932. The maximum Gasteiger partial charge on any atom is 0.317 e. The van der Waals surface area contributed by atoms with Crippen LogP contribution in [0.15, 0.2) is 22.7 Å². The molecule has 2 saturated heterocycles. The summed E-state index contributed by atoms with van der Waals surface area (Å²) in [5.74, 6) is 0.0500. The first kappa shape index (κ1) is 15.4. The highest BCUT2D eigenvalue weighted by Gasteiger charge is 2.26. The summed E-state index contributed by atoms with van der Waals surface area (Å²) in [4.78, 5) is 15.8. The molecule has 4 rings (SSSR count). The molecule has 128 valence electrons. The number of aromatic nitrogens is 1. The van der Waals surface area contributed by atoms with Crippen molar-refractivity contribution in [3.05, 3.63) is 29.7 Å². The topological polar surface area (TPSA) is 61.6 Å². The summed E-state index contributed by atoms with van der Waals surface area (Å²) in [5, 5.41) is 7.93. The number of amides is 2. The summed E-state index contributed by atoms with van der Waals surface area (Å²) in [7, 11) is 0. The summed E-state index contributed by atoms with van der Waals surface area (Å²) in [6, 6.07) is 4.65. The molecule has 0 spiro atoms. The summed E-state index contributed by atoms with van der Waals surface area (Å²) in [6.07, 6.45) is 2.01. The number of hydrogen-bond acceptors (Lipinski definition) is 4. The number of nitrogens with zero attached hydrogens (tertiary/aromatic N) is 3. The molecule has 0 unspecified atom stereocenters. The van der Waals surface area contributed by atoms with Crippen molar-refractivity contribution < 1.29 is 13.7 Å². The fraction of sp³-hybridized carbons (Fsp3) is 0.529. The fourth-order valence-electron chi connectivity index (χ4n) is 3.64. The van der Waals surface area contributed by atoms with E-state index in [4.69, 9.17) is 4.52 Å². The van der Waals surface area contributed by atoms with Gasteiger partial charge < -0.3 is 19.6 Å². The van der Waals surface area contributed by atoms with Crippen molar-refractivity contribution in [2.75, 3.05) is 39.3 Å². The maximum absolute atomic E-state index is 13.3. The first-order valence-electron chi connectivity index (χ1n) is 8.50. The minimum atomic E-state index is -0.300. The van der Waals surface area contributed by atoms with Crippen LogP contribution in [-0.2, 0) is 0 Å². The van der Waals surface area contributed by atoms with Crippen molar-refractivity contribution >= 4 is 17.0 Å². The molecule has 0 radical (unpaired) electrons. The van der Waals surface area contributed by atoms with Gasteiger partial charge in [-0.3, -0.25) is 0 Å². The molecule has 2 aliphatic rings. The van der Waals surface area contributed by atoms with Crippen LogP contribution in [0.25, 0.3) is 11.0 Å². The van der Waals surface area contributed by atoms with E-state index in [1.165, 1.54) is 12.1 Å². The van der Waals surface area contributed by atoms with Gasteiger partial charge in [-0.1, -0.05) is 5.16 Å². The Bertz CT molecular complexity index is 739. The number of carbonyl (C=O) groups is 1. The third-order valence-corrected chi connectivity index (χ3v) is 5.07. The minimum absolute atomic E-state index is 0.0474. The number of nitrogens with one attached hydrogen (secondary N) is 1. The lowest BCUT2D eigenvalue weighted by Gasteiger charge is -2.32. The van der Waals surface area contributed by atoms with E-state index in [1.807, 2.05) is 4.90 Å². The molecule has 2 amide bonds. The molecular formula is C17H21FN4O2. The number of fused-ring (bicyclic) bond motifs is 1. The van der Waals surface area contributed by atoms with E-state index in [0.717, 1.165) is 63.2 Å². The Morgan fingerprint density at radius 3 is 2.83 bits per heavy atom. The molecule has 1 aromatic heterocycles. The molecule has 1 N–H and O–H groups in total. The monoisotopic (exact) mass is 332 g/mol. The highest BCUT2D eigenvalue weighted by atomic mass is 19.1. The smallest absolute Gasteiger partial charge is 0.317 e. The zero-order valence-electron chi connectivity index (χ0n) is 13.5. The van der Waals surface area contributed by atoms with Crippen LogP contribution in [0.4, 0.5) is 9.18 Å². The highest BCUT2D eigenvalue weighted by molar-refractivity contribution is 5.80. The van der Waals surface area contributed by atoms with Gasteiger partial charge in [-0.25, -0.2) is 9.18 Å². The van der Waals surface area contributed by atoms with Crippen LogP contribution in [0.1, 0.15) is 24.5 Å². The van der Waals surface area contributed by atoms with Gasteiger partial charge in [0.15, 0.2) is 5.58 Å². The maximum atomic E-state index is 13.3. The van der Waals surface area contributed by atoms with Gasteiger partial charge in [0.1, 0.15) is 5.82 Å². The SMILES string of the molecule is O=C1NCCN1CCN1CCC(c2noc3cc(F)ccc23)CC1. The van der Waals surface area contributed by atoms with Gasteiger partial charge in [-0.2, -0.15) is 0 Å². The van der Waals surface area contributed by atoms with E-state index in [-0.39, 0.29) is 11.8 Å². The lowest BCUT2D eigenvalue weighted by atomic mass is 9.91. The van der Waals surface area contributed by atoms with E-state index in [2.05, 4.69) is 15.4 Å². The van der Waals surface area contributed by atoms with Crippen molar-refractivity contribution in [1.82, 2.24) is 20.3 Å². The fourth-order valence-corrected chi connectivity index (χ4v) is 3.64. The summed E-state index contributed by atoms with van der Waals surface area (Å²) >= 11 is 0. The van der Waals surface area contributed by atoms with Crippen LogP contribution in [0.2, 0.25) is 0 Å². The second-order valence-corrected chi connectivity index (χ2v) is 6.54. The molecular weight excluding hydrogens is 311 g/mol. The number of rotatable bonds is 4. The number of likely N-dealkylation sites (tertiary alicyclic amines) is 1. The van der Waals surface area contributed by atoms with E-state index in [9.17, 15) is 9.18 Å².